The van der Waals surface area contributed by atoms with Crippen LogP contribution in [0.5, 0.6) is 5.75 Å². The molecule has 0 spiro atoms. The van der Waals surface area contributed by atoms with Gasteiger partial charge in [0.15, 0.2) is 12.4 Å². The molecule has 1 aliphatic rings. The van der Waals surface area contributed by atoms with Crippen molar-refractivity contribution in [3.8, 4) is 5.75 Å². The highest BCUT2D eigenvalue weighted by Crippen LogP contribution is 2.38. The van der Waals surface area contributed by atoms with Crippen molar-refractivity contribution in [2.45, 2.75) is 44.9 Å². The molecule has 1 saturated carbocycles. The second-order valence-corrected chi connectivity index (χ2v) is 6.73. The molecule has 0 atom stereocenters. The van der Waals surface area contributed by atoms with Crippen molar-refractivity contribution in [1.82, 2.24) is 10.2 Å². The van der Waals surface area contributed by atoms with Crippen molar-refractivity contribution in [2.75, 3.05) is 11.9 Å². The number of carbonyl (C=O) groups is 1. The van der Waals surface area contributed by atoms with Crippen molar-refractivity contribution in [2.24, 2.45) is 0 Å². The minimum absolute atomic E-state index is 0.0484. The molecule has 0 saturated heterocycles. The molecule has 0 bridgehead atoms. The summed E-state index contributed by atoms with van der Waals surface area (Å²) >= 11 is 6.16. The monoisotopic (exact) mass is 347 g/mol. The van der Waals surface area contributed by atoms with E-state index in [0.29, 0.717) is 16.8 Å². The summed E-state index contributed by atoms with van der Waals surface area (Å²) in [5.41, 5.74) is 2.01. The molecule has 2 N–H and O–H groups in total. The zero-order chi connectivity index (χ0) is 16.9. The van der Waals surface area contributed by atoms with Gasteiger partial charge < -0.3 is 10.1 Å². The summed E-state index contributed by atoms with van der Waals surface area (Å²) in [7, 11) is 0. The number of hydrogen-bond acceptors (Lipinski definition) is 3. The highest BCUT2D eigenvalue weighted by molar-refractivity contribution is 6.30. The van der Waals surface area contributed by atoms with Crippen LogP contribution in [0, 0.1) is 6.92 Å². The fourth-order valence-electron chi connectivity index (χ4n) is 3.19. The fourth-order valence-corrected chi connectivity index (χ4v) is 3.37. The van der Waals surface area contributed by atoms with E-state index < -0.39 is 0 Å². The smallest absolute Gasteiger partial charge is 0.263 e. The summed E-state index contributed by atoms with van der Waals surface area (Å²) < 4.78 is 5.78. The number of carbonyl (C=O) groups excluding carboxylic acids is 1. The predicted octanol–water partition coefficient (Wildman–Crippen LogP) is 4.44. The third kappa shape index (κ3) is 4.29. The number of ether oxygens (including phenoxy) is 1. The van der Waals surface area contributed by atoms with Gasteiger partial charge in [0.05, 0.1) is 0 Å². The normalized spacial score (nSPS) is 15.2. The van der Waals surface area contributed by atoms with Crippen molar-refractivity contribution in [1.29, 1.82) is 0 Å². The summed E-state index contributed by atoms with van der Waals surface area (Å²) in [6, 6.07) is 7.41. The third-order valence-electron chi connectivity index (χ3n) is 4.35. The van der Waals surface area contributed by atoms with Crippen LogP contribution in [0.1, 0.15) is 49.3 Å². The number of H-pyrrole nitrogens is 1. The van der Waals surface area contributed by atoms with E-state index in [2.05, 4.69) is 15.5 Å². The van der Waals surface area contributed by atoms with Crippen LogP contribution in [0.25, 0.3) is 0 Å². The molecule has 1 aliphatic carbocycles. The highest BCUT2D eigenvalue weighted by Gasteiger charge is 2.20. The fraction of sp³-hybridized carbons (Fsp3) is 0.444. The lowest BCUT2D eigenvalue weighted by Crippen LogP contribution is -2.21. The Kier molecular flexibility index (Phi) is 5.41. The van der Waals surface area contributed by atoms with Gasteiger partial charge in [0.25, 0.3) is 5.91 Å². The Morgan fingerprint density at radius 1 is 1.33 bits per heavy atom. The minimum Gasteiger partial charge on any atom is -0.483 e. The molecule has 1 heterocycles. The maximum Gasteiger partial charge on any atom is 0.263 e. The summed E-state index contributed by atoms with van der Waals surface area (Å²) in [5, 5.41) is 10.2. The van der Waals surface area contributed by atoms with Crippen LogP contribution in [-0.2, 0) is 4.79 Å². The number of aromatic nitrogens is 2. The molecule has 3 rings (SSSR count). The molecule has 6 heteroatoms. The standard InChI is InChI=1S/C18H22ClN3O2/c1-12-9-17(22-21-12)20-18(23)11-24-16-8-7-14(19)10-15(16)13-5-3-2-4-6-13/h7-10,13H,2-6,11H2,1H3,(H2,20,21,22,23). The van der Waals surface area contributed by atoms with E-state index in [1.54, 1.807) is 12.1 Å². The number of nitrogens with one attached hydrogen (secondary N) is 2. The lowest BCUT2D eigenvalue weighted by molar-refractivity contribution is -0.118. The molecule has 0 radical (unpaired) electrons. The van der Waals surface area contributed by atoms with Crippen LogP contribution in [0.4, 0.5) is 5.82 Å². The number of anilines is 1. The van der Waals surface area contributed by atoms with Gasteiger partial charge in [-0.15, -0.1) is 0 Å². The lowest BCUT2D eigenvalue weighted by atomic mass is 9.84. The Balaban J connectivity index is 1.64. The molecule has 0 aliphatic heterocycles. The van der Waals surface area contributed by atoms with Crippen LogP contribution in [0.15, 0.2) is 24.3 Å². The van der Waals surface area contributed by atoms with E-state index >= 15 is 0 Å². The first-order valence-electron chi connectivity index (χ1n) is 8.36. The molecule has 1 aromatic heterocycles. The van der Waals surface area contributed by atoms with Crippen LogP contribution in [0.3, 0.4) is 0 Å². The average molecular weight is 348 g/mol. The molecule has 24 heavy (non-hydrogen) atoms. The van der Waals surface area contributed by atoms with Gasteiger partial charge in [-0.05, 0) is 49.4 Å². The topological polar surface area (TPSA) is 67.0 Å². The number of benzene rings is 1. The molecule has 128 valence electrons. The highest BCUT2D eigenvalue weighted by atomic mass is 35.5. The van der Waals surface area contributed by atoms with Crippen LogP contribution in [0.2, 0.25) is 5.02 Å². The number of halogens is 1. The summed E-state index contributed by atoms with van der Waals surface area (Å²) in [6.45, 7) is 1.83. The minimum atomic E-state index is -0.231. The second-order valence-electron chi connectivity index (χ2n) is 6.29. The molecule has 1 aromatic carbocycles. The molecule has 0 unspecified atom stereocenters. The average Bonchev–Trinajstić information content (AvgIpc) is 2.99. The van der Waals surface area contributed by atoms with Gasteiger partial charge >= 0.3 is 0 Å². The van der Waals surface area contributed by atoms with Crippen LogP contribution >= 0.6 is 11.6 Å². The maximum atomic E-state index is 12.0. The summed E-state index contributed by atoms with van der Waals surface area (Å²) in [4.78, 5) is 12.0. The lowest BCUT2D eigenvalue weighted by Gasteiger charge is -2.24. The van der Waals surface area contributed by atoms with Gasteiger partial charge in [0.2, 0.25) is 0 Å². The van der Waals surface area contributed by atoms with Gasteiger partial charge in [-0.25, -0.2) is 0 Å². The maximum absolute atomic E-state index is 12.0. The van der Waals surface area contributed by atoms with E-state index in [1.807, 2.05) is 19.1 Å². The van der Waals surface area contributed by atoms with E-state index in [-0.39, 0.29) is 12.5 Å². The number of hydrogen-bond donors (Lipinski definition) is 2. The third-order valence-corrected chi connectivity index (χ3v) is 4.58. The number of amides is 1. The Hall–Kier alpha value is -2.01. The van der Waals surface area contributed by atoms with Crippen molar-refractivity contribution in [3.05, 3.63) is 40.5 Å². The molecule has 5 nitrogen and oxygen atoms in total. The van der Waals surface area contributed by atoms with E-state index in [0.717, 1.165) is 29.8 Å². The van der Waals surface area contributed by atoms with Crippen molar-refractivity contribution < 1.29 is 9.53 Å². The number of rotatable bonds is 5. The first kappa shape index (κ1) is 16.8. The summed E-state index contributed by atoms with van der Waals surface area (Å²) in [6.07, 6.45) is 6.05. The SMILES string of the molecule is Cc1cc(NC(=O)COc2ccc(Cl)cc2C2CCCCC2)n[nH]1. The van der Waals surface area contributed by atoms with E-state index in [1.165, 1.54) is 19.3 Å². The van der Waals surface area contributed by atoms with Gasteiger partial charge in [-0.1, -0.05) is 30.9 Å². The Labute approximate surface area is 146 Å². The van der Waals surface area contributed by atoms with Crippen LogP contribution < -0.4 is 10.1 Å². The molecule has 2 aromatic rings. The molecule has 1 fully saturated rings. The number of aromatic amines is 1. The Bertz CT molecular complexity index is 708. The van der Waals surface area contributed by atoms with Crippen molar-refractivity contribution >= 4 is 23.3 Å². The van der Waals surface area contributed by atoms with Gasteiger partial charge in [-0.2, -0.15) is 5.10 Å². The first-order chi connectivity index (χ1) is 11.6. The van der Waals surface area contributed by atoms with E-state index in [9.17, 15) is 4.79 Å². The zero-order valence-corrected chi connectivity index (χ0v) is 14.5. The Morgan fingerprint density at radius 2 is 2.12 bits per heavy atom. The molecule has 1 amide bonds. The zero-order valence-electron chi connectivity index (χ0n) is 13.8. The van der Waals surface area contributed by atoms with Gasteiger partial charge in [0.1, 0.15) is 5.75 Å². The number of nitrogens with zero attached hydrogens (tertiary/aromatic N) is 1. The van der Waals surface area contributed by atoms with Crippen LogP contribution in [-0.4, -0.2) is 22.7 Å². The quantitative estimate of drug-likeness (QED) is 0.840. The predicted molar refractivity (Wildman–Crippen MR) is 94.7 cm³/mol. The largest absolute Gasteiger partial charge is 0.483 e. The first-order valence-corrected chi connectivity index (χ1v) is 8.74. The van der Waals surface area contributed by atoms with Crippen molar-refractivity contribution in [3.63, 3.8) is 0 Å². The number of aryl methyl sites for hydroxylation is 1. The summed E-state index contributed by atoms with van der Waals surface area (Å²) in [5.74, 6) is 1.49. The van der Waals surface area contributed by atoms with E-state index in [4.69, 9.17) is 16.3 Å². The Morgan fingerprint density at radius 3 is 2.83 bits per heavy atom. The van der Waals surface area contributed by atoms with Gasteiger partial charge in [-0.3, -0.25) is 9.89 Å². The molecular formula is C18H22ClN3O2. The molecular weight excluding hydrogens is 326 g/mol. The second kappa shape index (κ2) is 7.71. The van der Waals surface area contributed by atoms with Gasteiger partial charge in [0, 0.05) is 16.8 Å².